The number of alkyl halides is 3. The van der Waals surface area contributed by atoms with Crippen molar-refractivity contribution in [3.63, 3.8) is 0 Å². The van der Waals surface area contributed by atoms with E-state index in [1.165, 1.54) is 11.8 Å². The van der Waals surface area contributed by atoms with E-state index in [1.807, 2.05) is 11.8 Å². The highest BCUT2D eigenvalue weighted by molar-refractivity contribution is 5.80. The van der Waals surface area contributed by atoms with E-state index in [9.17, 15) is 22.8 Å². The van der Waals surface area contributed by atoms with E-state index in [-0.39, 0.29) is 37.3 Å². The number of ether oxygens (including phenoxy) is 1. The number of fused-ring (bicyclic) bond motifs is 1. The summed E-state index contributed by atoms with van der Waals surface area (Å²) in [7, 11) is 0. The van der Waals surface area contributed by atoms with Gasteiger partial charge >= 0.3 is 6.18 Å². The van der Waals surface area contributed by atoms with E-state index >= 15 is 0 Å². The third-order valence-electron chi connectivity index (χ3n) is 4.64. The molecule has 3 heterocycles. The fraction of sp³-hybridized carbons (Fsp3) is 0.688. The molecule has 1 aromatic heterocycles. The van der Waals surface area contributed by atoms with Crippen LogP contribution in [-0.4, -0.2) is 60.4 Å². The van der Waals surface area contributed by atoms with Gasteiger partial charge in [-0.15, -0.1) is 0 Å². The number of carbonyl (C=O) groups is 1. The Bertz CT molecular complexity index is 749. The minimum absolute atomic E-state index is 0.0122. The molecule has 0 aromatic carbocycles. The molecule has 2 atom stereocenters. The Hall–Kier alpha value is -2.10. The van der Waals surface area contributed by atoms with E-state index < -0.39 is 17.8 Å². The van der Waals surface area contributed by atoms with Gasteiger partial charge in [0.2, 0.25) is 5.95 Å². The van der Waals surface area contributed by atoms with E-state index in [1.54, 1.807) is 0 Å². The van der Waals surface area contributed by atoms with Crippen LogP contribution in [-0.2, 0) is 9.53 Å². The molecular formula is C16H21F3N4O3. The number of hydrogen-bond acceptors (Lipinski definition) is 6. The summed E-state index contributed by atoms with van der Waals surface area (Å²) in [6, 6.07) is -0.847. The summed E-state index contributed by atoms with van der Waals surface area (Å²) in [5.41, 5.74) is -0.765. The SMILES string of the molecule is CC(=O)CN1CCC(C(F)(F)F)n2c1nc(N1CCOC[C@H]1C)cc2=O. The molecule has 2 aliphatic rings. The molecule has 0 saturated carbocycles. The van der Waals surface area contributed by atoms with Crippen LogP contribution in [0.2, 0.25) is 0 Å². The summed E-state index contributed by atoms with van der Waals surface area (Å²) in [5, 5.41) is 0. The van der Waals surface area contributed by atoms with Gasteiger partial charge in [-0.3, -0.25) is 14.2 Å². The Labute approximate surface area is 148 Å². The zero-order chi connectivity index (χ0) is 19.1. The first-order chi connectivity index (χ1) is 12.2. The number of carbonyl (C=O) groups excluding carboxylic acids is 1. The molecule has 1 saturated heterocycles. The monoisotopic (exact) mass is 374 g/mol. The van der Waals surface area contributed by atoms with Crippen molar-refractivity contribution in [2.24, 2.45) is 0 Å². The maximum atomic E-state index is 13.4. The number of aromatic nitrogens is 2. The molecule has 3 rings (SSSR count). The number of anilines is 2. The summed E-state index contributed by atoms with van der Waals surface area (Å²) in [4.78, 5) is 31.7. The first kappa shape index (κ1) is 18.7. The van der Waals surface area contributed by atoms with Crippen molar-refractivity contribution in [1.82, 2.24) is 9.55 Å². The zero-order valence-electron chi connectivity index (χ0n) is 14.6. The van der Waals surface area contributed by atoms with Gasteiger partial charge in [0.1, 0.15) is 17.6 Å². The Kier molecular flexibility index (Phi) is 4.96. The average Bonchev–Trinajstić information content (AvgIpc) is 2.54. The molecule has 2 aliphatic heterocycles. The van der Waals surface area contributed by atoms with E-state index in [0.29, 0.717) is 30.1 Å². The topological polar surface area (TPSA) is 67.7 Å². The van der Waals surface area contributed by atoms with Crippen LogP contribution in [0, 0.1) is 0 Å². The van der Waals surface area contributed by atoms with Crippen LogP contribution in [0.4, 0.5) is 24.9 Å². The van der Waals surface area contributed by atoms with Crippen LogP contribution >= 0.6 is 0 Å². The molecule has 0 spiro atoms. The largest absolute Gasteiger partial charge is 0.409 e. The molecule has 144 valence electrons. The van der Waals surface area contributed by atoms with Crippen LogP contribution in [0.1, 0.15) is 26.3 Å². The molecule has 7 nitrogen and oxygen atoms in total. The van der Waals surface area contributed by atoms with Gasteiger partial charge in [-0.1, -0.05) is 0 Å². The highest BCUT2D eigenvalue weighted by Gasteiger charge is 2.45. The summed E-state index contributed by atoms with van der Waals surface area (Å²) in [5.74, 6) is 0.00444. The molecule has 0 aliphatic carbocycles. The van der Waals surface area contributed by atoms with Crippen molar-refractivity contribution in [2.45, 2.75) is 38.5 Å². The van der Waals surface area contributed by atoms with Gasteiger partial charge in [0.15, 0.2) is 0 Å². The normalized spacial score (nSPS) is 23.7. The second-order valence-corrected chi connectivity index (χ2v) is 6.71. The second kappa shape index (κ2) is 6.90. The summed E-state index contributed by atoms with van der Waals surface area (Å²) < 4.78 is 46.2. The van der Waals surface area contributed by atoms with Gasteiger partial charge in [-0.05, 0) is 20.3 Å². The second-order valence-electron chi connectivity index (χ2n) is 6.71. The van der Waals surface area contributed by atoms with Crippen LogP contribution in [0.5, 0.6) is 0 Å². The predicted molar refractivity (Wildman–Crippen MR) is 88.7 cm³/mol. The van der Waals surface area contributed by atoms with Crippen LogP contribution in [0.15, 0.2) is 10.9 Å². The number of hydrogen-bond donors (Lipinski definition) is 0. The molecule has 26 heavy (non-hydrogen) atoms. The van der Waals surface area contributed by atoms with Crippen molar-refractivity contribution in [1.29, 1.82) is 0 Å². The number of nitrogens with zero attached hydrogens (tertiary/aromatic N) is 4. The lowest BCUT2D eigenvalue weighted by Crippen LogP contribution is -2.49. The number of halogens is 3. The molecule has 0 radical (unpaired) electrons. The maximum Gasteiger partial charge on any atom is 0.409 e. The van der Waals surface area contributed by atoms with Crippen LogP contribution < -0.4 is 15.4 Å². The smallest absolute Gasteiger partial charge is 0.377 e. The van der Waals surface area contributed by atoms with E-state index in [0.717, 1.165) is 6.07 Å². The van der Waals surface area contributed by atoms with Gasteiger partial charge in [-0.2, -0.15) is 18.2 Å². The summed E-state index contributed by atoms with van der Waals surface area (Å²) >= 11 is 0. The third-order valence-corrected chi connectivity index (χ3v) is 4.64. The van der Waals surface area contributed by atoms with Crippen molar-refractivity contribution in [2.75, 3.05) is 42.6 Å². The quantitative estimate of drug-likeness (QED) is 0.796. The minimum Gasteiger partial charge on any atom is -0.377 e. The first-order valence-electron chi connectivity index (χ1n) is 8.47. The standard InChI is InChI=1S/C16H21F3N4O3/c1-10-9-26-6-5-22(10)13-7-14(25)23-12(16(17,18)19)3-4-21(8-11(2)24)15(23)20-13/h7,10,12H,3-6,8-9H2,1-2H3/t10-,12?/m1/s1. The van der Waals surface area contributed by atoms with Gasteiger partial charge < -0.3 is 14.5 Å². The molecule has 10 heteroatoms. The predicted octanol–water partition coefficient (Wildman–Crippen LogP) is 1.37. The lowest BCUT2D eigenvalue weighted by Gasteiger charge is -2.38. The Morgan fingerprint density at radius 2 is 2.12 bits per heavy atom. The molecule has 1 unspecified atom stereocenters. The molecule has 0 amide bonds. The van der Waals surface area contributed by atoms with E-state index in [4.69, 9.17) is 4.74 Å². The fourth-order valence-electron chi connectivity index (χ4n) is 3.43. The van der Waals surface area contributed by atoms with Crippen molar-refractivity contribution in [3.8, 4) is 0 Å². The minimum atomic E-state index is -4.56. The molecule has 0 N–H and O–H groups in total. The van der Waals surface area contributed by atoms with Gasteiger partial charge in [-0.25, -0.2) is 0 Å². The Morgan fingerprint density at radius 1 is 1.38 bits per heavy atom. The molecular weight excluding hydrogens is 353 g/mol. The van der Waals surface area contributed by atoms with Crippen molar-refractivity contribution >= 4 is 17.5 Å². The number of rotatable bonds is 3. The Morgan fingerprint density at radius 3 is 2.73 bits per heavy atom. The zero-order valence-corrected chi connectivity index (χ0v) is 14.6. The molecule has 1 fully saturated rings. The number of ketones is 1. The molecule has 1 aromatic rings. The van der Waals surface area contributed by atoms with Gasteiger partial charge in [0.25, 0.3) is 5.56 Å². The maximum absolute atomic E-state index is 13.4. The van der Waals surface area contributed by atoms with Gasteiger partial charge in [0.05, 0.1) is 25.8 Å². The fourth-order valence-corrected chi connectivity index (χ4v) is 3.43. The Balaban J connectivity index is 2.09. The molecule has 0 bridgehead atoms. The summed E-state index contributed by atoms with van der Waals surface area (Å²) in [6.45, 7) is 4.56. The highest BCUT2D eigenvalue weighted by atomic mass is 19.4. The lowest BCUT2D eigenvalue weighted by atomic mass is 10.1. The van der Waals surface area contributed by atoms with Crippen LogP contribution in [0.3, 0.4) is 0 Å². The van der Waals surface area contributed by atoms with E-state index in [2.05, 4.69) is 4.98 Å². The highest BCUT2D eigenvalue weighted by Crippen LogP contribution is 2.38. The van der Waals surface area contributed by atoms with Crippen molar-refractivity contribution in [3.05, 3.63) is 16.4 Å². The van der Waals surface area contributed by atoms with Crippen molar-refractivity contribution < 1.29 is 22.7 Å². The number of Topliss-reactive ketones (excluding diaryl/α,β-unsaturated/α-hetero) is 1. The van der Waals surface area contributed by atoms with Crippen LogP contribution in [0.25, 0.3) is 0 Å². The first-order valence-corrected chi connectivity index (χ1v) is 8.47. The average molecular weight is 374 g/mol. The number of morpholine rings is 1. The lowest BCUT2D eigenvalue weighted by molar-refractivity contribution is -0.170. The summed E-state index contributed by atoms with van der Waals surface area (Å²) in [6.07, 6.45) is -4.85. The third kappa shape index (κ3) is 3.55. The van der Waals surface area contributed by atoms with Gasteiger partial charge in [0, 0.05) is 19.2 Å².